The van der Waals surface area contributed by atoms with Crippen molar-refractivity contribution in [3.63, 3.8) is 0 Å². The number of rotatable bonds is 3. The summed E-state index contributed by atoms with van der Waals surface area (Å²) in [5.74, 6) is 0.667. The van der Waals surface area contributed by atoms with Crippen molar-refractivity contribution in [1.82, 2.24) is 0 Å². The van der Waals surface area contributed by atoms with E-state index in [-0.39, 0.29) is 0 Å². The SMILES string of the molecule is CP(C)(=O)c1ccc(Cl)c(OC2CC2)c1. The standard InChI is InChI=1S/C11H14ClO2P/c1-15(2,13)9-5-6-10(12)11(7-9)14-8-3-4-8/h5-8H,3-4H2,1-2H3. The van der Waals surface area contributed by atoms with Crippen LogP contribution in [-0.2, 0) is 4.57 Å². The van der Waals surface area contributed by atoms with E-state index in [4.69, 9.17) is 16.3 Å². The lowest BCUT2D eigenvalue weighted by Gasteiger charge is -2.11. The molecule has 1 fully saturated rings. The largest absolute Gasteiger partial charge is 0.489 e. The van der Waals surface area contributed by atoms with Gasteiger partial charge in [0.1, 0.15) is 12.9 Å². The number of hydrogen-bond donors (Lipinski definition) is 0. The first-order valence-corrected chi connectivity index (χ1v) is 7.96. The summed E-state index contributed by atoms with van der Waals surface area (Å²) in [5.41, 5.74) is 0. The average Bonchev–Trinajstić information content (AvgIpc) is 2.90. The first kappa shape index (κ1) is 11.0. The Kier molecular flexibility index (Phi) is 2.83. The molecule has 0 spiro atoms. The summed E-state index contributed by atoms with van der Waals surface area (Å²) in [6.45, 7) is 3.49. The molecule has 0 bridgehead atoms. The zero-order valence-electron chi connectivity index (χ0n) is 8.87. The highest BCUT2D eigenvalue weighted by Gasteiger charge is 2.25. The van der Waals surface area contributed by atoms with Crippen molar-refractivity contribution in [3.05, 3.63) is 23.2 Å². The Hall–Kier alpha value is -0.460. The Morgan fingerprint density at radius 3 is 2.60 bits per heavy atom. The molecule has 0 unspecified atom stereocenters. The van der Waals surface area contributed by atoms with E-state index in [2.05, 4.69) is 0 Å². The average molecular weight is 245 g/mol. The predicted octanol–water partition coefficient (Wildman–Crippen LogP) is 3.13. The lowest BCUT2D eigenvalue weighted by atomic mass is 10.3. The molecule has 0 atom stereocenters. The van der Waals surface area contributed by atoms with E-state index in [1.54, 1.807) is 25.5 Å². The zero-order chi connectivity index (χ0) is 11.1. The Morgan fingerprint density at radius 1 is 1.40 bits per heavy atom. The van der Waals surface area contributed by atoms with Gasteiger partial charge in [-0.3, -0.25) is 0 Å². The van der Waals surface area contributed by atoms with Gasteiger partial charge in [0.2, 0.25) is 0 Å². The molecule has 1 saturated carbocycles. The third-order valence-corrected chi connectivity index (χ3v) is 4.19. The molecule has 1 aromatic rings. The minimum atomic E-state index is -2.23. The van der Waals surface area contributed by atoms with Crippen LogP contribution in [0.4, 0.5) is 0 Å². The van der Waals surface area contributed by atoms with Crippen molar-refractivity contribution in [2.24, 2.45) is 0 Å². The van der Waals surface area contributed by atoms with E-state index in [1.807, 2.05) is 6.07 Å². The molecule has 2 nitrogen and oxygen atoms in total. The molecule has 1 aliphatic rings. The smallest absolute Gasteiger partial charge is 0.139 e. The molecule has 2 rings (SSSR count). The first-order chi connectivity index (χ1) is 6.97. The molecule has 0 heterocycles. The predicted molar refractivity (Wildman–Crippen MR) is 64.2 cm³/mol. The van der Waals surface area contributed by atoms with Gasteiger partial charge in [0.25, 0.3) is 0 Å². The Balaban J connectivity index is 2.31. The van der Waals surface area contributed by atoms with Crippen LogP contribution in [0.25, 0.3) is 0 Å². The lowest BCUT2D eigenvalue weighted by Crippen LogP contribution is -2.05. The van der Waals surface area contributed by atoms with Crippen LogP contribution >= 0.6 is 18.7 Å². The highest BCUT2D eigenvalue weighted by molar-refractivity contribution is 7.70. The minimum absolute atomic E-state index is 0.311. The van der Waals surface area contributed by atoms with Crippen molar-refractivity contribution in [3.8, 4) is 5.75 Å². The maximum absolute atomic E-state index is 11.9. The summed E-state index contributed by atoms with van der Waals surface area (Å²) >= 11 is 6.00. The maximum Gasteiger partial charge on any atom is 0.139 e. The summed E-state index contributed by atoms with van der Waals surface area (Å²) in [7, 11) is -2.23. The van der Waals surface area contributed by atoms with Crippen LogP contribution in [0, 0.1) is 0 Å². The van der Waals surface area contributed by atoms with Gasteiger partial charge in [0.05, 0.1) is 11.1 Å². The number of benzene rings is 1. The summed E-state index contributed by atoms with van der Waals surface area (Å²) < 4.78 is 17.5. The van der Waals surface area contributed by atoms with E-state index < -0.39 is 7.14 Å². The Bertz CT molecular complexity index is 421. The van der Waals surface area contributed by atoms with E-state index in [0.717, 1.165) is 18.1 Å². The van der Waals surface area contributed by atoms with Gasteiger partial charge in [-0.25, -0.2) is 0 Å². The van der Waals surface area contributed by atoms with E-state index in [1.165, 1.54) is 0 Å². The maximum atomic E-state index is 11.9. The number of ether oxygens (including phenoxy) is 1. The van der Waals surface area contributed by atoms with Crippen LogP contribution < -0.4 is 10.0 Å². The van der Waals surface area contributed by atoms with Crippen LogP contribution in [0.1, 0.15) is 12.8 Å². The number of halogens is 1. The van der Waals surface area contributed by atoms with Gasteiger partial charge in [0.15, 0.2) is 0 Å². The van der Waals surface area contributed by atoms with Crippen LogP contribution in [0.2, 0.25) is 5.02 Å². The van der Waals surface area contributed by atoms with Crippen molar-refractivity contribution < 1.29 is 9.30 Å². The molecule has 82 valence electrons. The Labute approximate surface area is 95.0 Å². The first-order valence-electron chi connectivity index (χ1n) is 4.98. The monoisotopic (exact) mass is 244 g/mol. The number of hydrogen-bond acceptors (Lipinski definition) is 2. The van der Waals surface area contributed by atoms with Gasteiger partial charge in [0, 0.05) is 5.30 Å². The second-order valence-corrected chi connectivity index (χ2v) is 7.91. The fraction of sp³-hybridized carbons (Fsp3) is 0.455. The fourth-order valence-electron chi connectivity index (χ4n) is 1.28. The van der Waals surface area contributed by atoms with Gasteiger partial charge in [-0.2, -0.15) is 0 Å². The topological polar surface area (TPSA) is 26.3 Å². The molecule has 15 heavy (non-hydrogen) atoms. The second-order valence-electron chi connectivity index (χ2n) is 4.28. The molecule has 0 aliphatic heterocycles. The summed E-state index contributed by atoms with van der Waals surface area (Å²) in [5, 5.41) is 1.42. The molecule has 0 aromatic heterocycles. The summed E-state index contributed by atoms with van der Waals surface area (Å²) in [6.07, 6.45) is 2.50. The molecule has 0 saturated heterocycles. The third kappa shape index (κ3) is 2.76. The van der Waals surface area contributed by atoms with Crippen molar-refractivity contribution in [2.75, 3.05) is 13.3 Å². The molecule has 0 amide bonds. The van der Waals surface area contributed by atoms with Crippen LogP contribution in [-0.4, -0.2) is 19.4 Å². The van der Waals surface area contributed by atoms with Gasteiger partial charge < -0.3 is 9.30 Å². The molecular weight excluding hydrogens is 231 g/mol. The van der Waals surface area contributed by atoms with Crippen LogP contribution in [0.15, 0.2) is 18.2 Å². The lowest BCUT2D eigenvalue weighted by molar-refractivity contribution is 0.303. The molecule has 4 heteroatoms. The fourth-order valence-corrected chi connectivity index (χ4v) is 2.31. The van der Waals surface area contributed by atoms with Gasteiger partial charge in [-0.15, -0.1) is 0 Å². The molecule has 0 radical (unpaired) electrons. The highest BCUT2D eigenvalue weighted by atomic mass is 35.5. The minimum Gasteiger partial charge on any atom is -0.489 e. The van der Waals surface area contributed by atoms with E-state index in [0.29, 0.717) is 16.9 Å². The van der Waals surface area contributed by atoms with Gasteiger partial charge >= 0.3 is 0 Å². The zero-order valence-corrected chi connectivity index (χ0v) is 10.5. The van der Waals surface area contributed by atoms with E-state index >= 15 is 0 Å². The second kappa shape index (κ2) is 3.84. The van der Waals surface area contributed by atoms with E-state index in [9.17, 15) is 4.57 Å². The third-order valence-electron chi connectivity index (χ3n) is 2.35. The molecule has 1 aliphatic carbocycles. The normalized spacial score (nSPS) is 16.5. The molecular formula is C11H14ClO2P. The summed E-state index contributed by atoms with van der Waals surface area (Å²) in [4.78, 5) is 0. The summed E-state index contributed by atoms with van der Waals surface area (Å²) in [6, 6.07) is 5.37. The van der Waals surface area contributed by atoms with Crippen molar-refractivity contribution in [1.29, 1.82) is 0 Å². The highest BCUT2D eigenvalue weighted by Crippen LogP contribution is 2.38. The van der Waals surface area contributed by atoms with Gasteiger partial charge in [-0.05, 0) is 44.4 Å². The van der Waals surface area contributed by atoms with Crippen molar-refractivity contribution in [2.45, 2.75) is 18.9 Å². The van der Waals surface area contributed by atoms with Crippen LogP contribution in [0.5, 0.6) is 5.75 Å². The van der Waals surface area contributed by atoms with Crippen LogP contribution in [0.3, 0.4) is 0 Å². The molecule has 1 aromatic carbocycles. The Morgan fingerprint density at radius 2 is 2.07 bits per heavy atom. The molecule has 0 N–H and O–H groups in total. The van der Waals surface area contributed by atoms with Gasteiger partial charge in [-0.1, -0.05) is 11.6 Å². The van der Waals surface area contributed by atoms with Crippen molar-refractivity contribution >= 4 is 24.0 Å². The quantitative estimate of drug-likeness (QED) is 0.764.